The van der Waals surface area contributed by atoms with Crippen LogP contribution in [0, 0.1) is 5.92 Å². The van der Waals surface area contributed by atoms with Crippen molar-refractivity contribution in [3.05, 3.63) is 40.7 Å². The second-order valence-electron chi connectivity index (χ2n) is 8.99. The Labute approximate surface area is 198 Å². The smallest absolute Gasteiger partial charge is 0.163 e. The SMILES string of the molecule is COc1cc2c(NC3C=C(Cl)C(Cl)=CC3)ncnc2cc1OCC1CC2CCC(C1)N2C. The summed E-state index contributed by atoms with van der Waals surface area (Å²) in [5, 5.41) is 5.44. The van der Waals surface area contributed by atoms with Crippen LogP contribution in [0.25, 0.3) is 10.9 Å². The maximum atomic E-state index is 6.28. The fraction of sp³-hybridized carbons (Fsp3) is 0.500. The van der Waals surface area contributed by atoms with E-state index in [-0.39, 0.29) is 6.04 Å². The monoisotopic (exact) mass is 474 g/mol. The van der Waals surface area contributed by atoms with E-state index in [1.807, 2.05) is 24.3 Å². The van der Waals surface area contributed by atoms with E-state index in [0.717, 1.165) is 28.9 Å². The Morgan fingerprint density at radius 2 is 1.88 bits per heavy atom. The Morgan fingerprint density at radius 3 is 2.59 bits per heavy atom. The number of anilines is 1. The Hall–Kier alpha value is -2.02. The number of methoxy groups -OCH3 is 1. The van der Waals surface area contributed by atoms with Gasteiger partial charge in [0.05, 0.1) is 35.3 Å². The van der Waals surface area contributed by atoms with Gasteiger partial charge in [-0.25, -0.2) is 9.97 Å². The molecule has 0 spiro atoms. The molecule has 32 heavy (non-hydrogen) atoms. The molecule has 170 valence electrons. The average molecular weight is 475 g/mol. The molecule has 0 amide bonds. The Kier molecular flexibility index (Phi) is 6.19. The molecule has 1 aromatic heterocycles. The van der Waals surface area contributed by atoms with Gasteiger partial charge in [-0.15, -0.1) is 0 Å². The van der Waals surface area contributed by atoms with E-state index < -0.39 is 0 Å². The second kappa shape index (κ2) is 9.08. The number of fused-ring (bicyclic) bond motifs is 3. The van der Waals surface area contributed by atoms with Crippen LogP contribution in [0.2, 0.25) is 0 Å². The fourth-order valence-corrected chi connectivity index (χ4v) is 5.63. The Bertz CT molecular complexity index is 1060. The highest BCUT2D eigenvalue weighted by atomic mass is 35.5. The lowest BCUT2D eigenvalue weighted by molar-refractivity contribution is 0.101. The van der Waals surface area contributed by atoms with Gasteiger partial charge in [0.15, 0.2) is 11.5 Å². The quantitative estimate of drug-likeness (QED) is 0.611. The number of nitrogens with zero attached hydrogens (tertiary/aromatic N) is 3. The van der Waals surface area contributed by atoms with Crippen molar-refractivity contribution in [2.45, 2.75) is 50.2 Å². The van der Waals surface area contributed by atoms with E-state index >= 15 is 0 Å². The number of benzene rings is 1. The summed E-state index contributed by atoms with van der Waals surface area (Å²) in [6.07, 6.45) is 11.1. The molecule has 2 aliphatic heterocycles. The number of rotatable bonds is 6. The molecule has 5 rings (SSSR count). The van der Waals surface area contributed by atoms with Crippen molar-refractivity contribution in [1.29, 1.82) is 0 Å². The van der Waals surface area contributed by atoms with Gasteiger partial charge in [-0.3, -0.25) is 0 Å². The van der Waals surface area contributed by atoms with E-state index in [2.05, 4.69) is 27.2 Å². The molecule has 1 N–H and O–H groups in total. The van der Waals surface area contributed by atoms with Gasteiger partial charge in [-0.05, 0) is 57.2 Å². The topological polar surface area (TPSA) is 59.5 Å². The highest BCUT2D eigenvalue weighted by Crippen LogP contribution is 2.39. The molecule has 3 heterocycles. The number of piperidine rings is 1. The van der Waals surface area contributed by atoms with Gasteiger partial charge in [0.25, 0.3) is 0 Å². The first-order valence-electron chi connectivity index (χ1n) is 11.2. The molecule has 2 fully saturated rings. The van der Waals surface area contributed by atoms with Crippen molar-refractivity contribution in [3.8, 4) is 11.5 Å². The fourth-order valence-electron chi connectivity index (χ4n) is 5.25. The standard InChI is InChI=1S/C24H28Cl2N4O2/c1-30-16-4-5-17(30)8-14(7-16)12-32-23-11-21-18(10-22(23)31-2)24(28-13-27-21)29-15-3-6-19(25)20(26)9-15/h6,9-11,13-17H,3-5,7-8,12H2,1-2H3,(H,27,28,29). The first-order chi connectivity index (χ1) is 15.5. The minimum absolute atomic E-state index is 0.00447. The lowest BCUT2D eigenvalue weighted by Crippen LogP contribution is -2.41. The van der Waals surface area contributed by atoms with Crippen LogP contribution in [0.4, 0.5) is 5.82 Å². The summed E-state index contributed by atoms with van der Waals surface area (Å²) in [7, 11) is 3.93. The van der Waals surface area contributed by atoms with Crippen LogP contribution in [0.15, 0.2) is 40.7 Å². The number of hydrogen-bond donors (Lipinski definition) is 1. The predicted molar refractivity (Wildman–Crippen MR) is 129 cm³/mol. The van der Waals surface area contributed by atoms with E-state index in [1.54, 1.807) is 13.4 Å². The van der Waals surface area contributed by atoms with E-state index in [1.165, 1.54) is 25.7 Å². The molecule has 6 nitrogen and oxygen atoms in total. The normalized spacial score (nSPS) is 27.8. The molecule has 3 unspecified atom stereocenters. The van der Waals surface area contributed by atoms with Gasteiger partial charge >= 0.3 is 0 Å². The zero-order valence-electron chi connectivity index (χ0n) is 18.4. The second-order valence-corrected chi connectivity index (χ2v) is 9.81. The van der Waals surface area contributed by atoms with Gasteiger partial charge in [-0.2, -0.15) is 0 Å². The Balaban J connectivity index is 1.34. The van der Waals surface area contributed by atoms with Gasteiger partial charge in [0, 0.05) is 23.5 Å². The summed E-state index contributed by atoms with van der Waals surface area (Å²) in [6, 6.07) is 5.31. The third-order valence-electron chi connectivity index (χ3n) is 7.04. The van der Waals surface area contributed by atoms with Crippen LogP contribution < -0.4 is 14.8 Å². The summed E-state index contributed by atoms with van der Waals surface area (Å²) in [5.41, 5.74) is 0.807. The Morgan fingerprint density at radius 1 is 1.09 bits per heavy atom. The average Bonchev–Trinajstić information content (AvgIpc) is 2.99. The van der Waals surface area contributed by atoms with E-state index in [9.17, 15) is 0 Å². The summed E-state index contributed by atoms with van der Waals surface area (Å²) >= 11 is 12.3. The molecule has 2 saturated heterocycles. The van der Waals surface area contributed by atoms with Crippen molar-refractivity contribution < 1.29 is 9.47 Å². The third kappa shape index (κ3) is 4.28. The van der Waals surface area contributed by atoms with Crippen LogP contribution in [0.3, 0.4) is 0 Å². The van der Waals surface area contributed by atoms with Crippen molar-refractivity contribution in [2.24, 2.45) is 5.92 Å². The maximum absolute atomic E-state index is 6.28. The molecular formula is C24H28Cl2N4O2. The van der Waals surface area contributed by atoms with Crippen molar-refractivity contribution in [3.63, 3.8) is 0 Å². The van der Waals surface area contributed by atoms with Crippen LogP contribution in [-0.2, 0) is 0 Å². The molecule has 0 saturated carbocycles. The van der Waals surface area contributed by atoms with E-state index in [0.29, 0.717) is 40.4 Å². The van der Waals surface area contributed by atoms with Crippen molar-refractivity contribution in [2.75, 3.05) is 26.1 Å². The van der Waals surface area contributed by atoms with Crippen LogP contribution in [-0.4, -0.2) is 53.8 Å². The molecule has 1 aliphatic carbocycles. The molecule has 1 aromatic carbocycles. The van der Waals surface area contributed by atoms with Crippen molar-refractivity contribution in [1.82, 2.24) is 14.9 Å². The number of aromatic nitrogens is 2. The number of allylic oxidation sites excluding steroid dienone is 2. The summed E-state index contributed by atoms with van der Waals surface area (Å²) in [5.74, 6) is 2.72. The lowest BCUT2D eigenvalue weighted by atomic mass is 9.92. The highest BCUT2D eigenvalue weighted by Gasteiger charge is 2.38. The zero-order valence-corrected chi connectivity index (χ0v) is 19.9. The maximum Gasteiger partial charge on any atom is 0.163 e. The zero-order chi connectivity index (χ0) is 22.2. The van der Waals surface area contributed by atoms with E-state index in [4.69, 9.17) is 32.7 Å². The molecule has 3 aliphatic rings. The number of halogens is 2. The van der Waals surface area contributed by atoms with Crippen LogP contribution in [0.1, 0.15) is 32.1 Å². The minimum Gasteiger partial charge on any atom is -0.493 e. The highest BCUT2D eigenvalue weighted by molar-refractivity contribution is 6.44. The summed E-state index contributed by atoms with van der Waals surface area (Å²) in [4.78, 5) is 11.5. The first-order valence-corrected chi connectivity index (χ1v) is 11.9. The summed E-state index contributed by atoms with van der Waals surface area (Å²) < 4.78 is 11.9. The number of hydrogen-bond acceptors (Lipinski definition) is 6. The third-order valence-corrected chi connectivity index (χ3v) is 7.82. The molecule has 3 atom stereocenters. The molecule has 2 aromatic rings. The van der Waals surface area contributed by atoms with Gasteiger partial charge in [0.2, 0.25) is 0 Å². The number of ether oxygens (including phenoxy) is 2. The van der Waals surface area contributed by atoms with Crippen LogP contribution >= 0.6 is 23.2 Å². The summed E-state index contributed by atoms with van der Waals surface area (Å²) in [6.45, 7) is 0.706. The molecule has 2 bridgehead atoms. The van der Waals surface area contributed by atoms with Crippen molar-refractivity contribution >= 4 is 39.9 Å². The van der Waals surface area contributed by atoms with Gasteiger partial charge in [-0.1, -0.05) is 29.3 Å². The van der Waals surface area contributed by atoms with Gasteiger partial charge < -0.3 is 19.7 Å². The molecular weight excluding hydrogens is 447 g/mol. The first kappa shape index (κ1) is 21.8. The largest absolute Gasteiger partial charge is 0.493 e. The van der Waals surface area contributed by atoms with Crippen LogP contribution in [0.5, 0.6) is 11.5 Å². The van der Waals surface area contributed by atoms with Gasteiger partial charge in [0.1, 0.15) is 12.1 Å². The minimum atomic E-state index is 0.00447. The lowest BCUT2D eigenvalue weighted by Gasteiger charge is -2.36. The molecule has 0 radical (unpaired) electrons. The predicted octanol–water partition coefficient (Wildman–Crippen LogP) is 5.32. The number of nitrogens with one attached hydrogen (secondary N) is 1. The molecule has 8 heteroatoms.